The lowest BCUT2D eigenvalue weighted by Crippen LogP contribution is -2.36. The van der Waals surface area contributed by atoms with Crippen LogP contribution in [0.2, 0.25) is 0 Å². The Morgan fingerprint density at radius 1 is 1.40 bits per heavy atom. The summed E-state index contributed by atoms with van der Waals surface area (Å²) in [6.45, 7) is 0. The van der Waals surface area contributed by atoms with Gasteiger partial charge in [-0.3, -0.25) is 9.89 Å². The first-order valence-electron chi connectivity index (χ1n) is 6.36. The molecule has 4 N–H and O–H groups in total. The Morgan fingerprint density at radius 2 is 2.15 bits per heavy atom. The van der Waals surface area contributed by atoms with Gasteiger partial charge < -0.3 is 11.1 Å². The third kappa shape index (κ3) is 3.85. The van der Waals surface area contributed by atoms with Crippen LogP contribution in [0, 0.1) is 0 Å². The lowest BCUT2D eigenvalue weighted by Gasteiger charge is -2.11. The molecule has 1 aromatic heterocycles. The van der Waals surface area contributed by atoms with E-state index in [-0.39, 0.29) is 5.91 Å². The number of carbonyl (C=O) groups is 1. The van der Waals surface area contributed by atoms with Gasteiger partial charge in [-0.25, -0.2) is 0 Å². The molecule has 0 unspecified atom stereocenters. The molecule has 0 spiro atoms. The molecule has 0 aliphatic rings. The lowest BCUT2D eigenvalue weighted by molar-refractivity contribution is -0.117. The lowest BCUT2D eigenvalue weighted by atomic mass is 10.1. The fourth-order valence-electron chi connectivity index (χ4n) is 1.76. The first kappa shape index (κ1) is 14.6. The monoisotopic (exact) mass is 290 g/mol. The Bertz CT molecular complexity index is 539. The molecule has 0 saturated carbocycles. The molecule has 20 heavy (non-hydrogen) atoms. The smallest absolute Gasteiger partial charge is 0.241 e. The predicted octanol–water partition coefficient (Wildman–Crippen LogP) is 2.10. The minimum absolute atomic E-state index is 0.145. The fourth-order valence-corrected chi connectivity index (χ4v) is 2.25. The molecule has 106 valence electrons. The van der Waals surface area contributed by atoms with Gasteiger partial charge in [-0.2, -0.15) is 16.9 Å². The summed E-state index contributed by atoms with van der Waals surface area (Å²) in [5.41, 5.74) is 8.53. The number of nitrogens with zero attached hydrogens (tertiary/aromatic N) is 1. The number of aromatic amines is 1. The zero-order valence-electron chi connectivity index (χ0n) is 11.3. The molecule has 0 radical (unpaired) electrons. The maximum Gasteiger partial charge on any atom is 0.241 e. The van der Waals surface area contributed by atoms with Gasteiger partial charge >= 0.3 is 0 Å². The molecule has 2 aromatic rings. The molecule has 2 rings (SSSR count). The van der Waals surface area contributed by atoms with Gasteiger partial charge in [0.25, 0.3) is 0 Å². The highest BCUT2D eigenvalue weighted by molar-refractivity contribution is 7.98. The van der Waals surface area contributed by atoms with Crippen molar-refractivity contribution in [2.24, 2.45) is 5.73 Å². The van der Waals surface area contributed by atoms with Crippen LogP contribution in [0.1, 0.15) is 6.42 Å². The Labute approximate surface area is 122 Å². The van der Waals surface area contributed by atoms with E-state index >= 15 is 0 Å². The number of anilines is 1. The van der Waals surface area contributed by atoms with Crippen molar-refractivity contribution >= 4 is 23.4 Å². The SMILES string of the molecule is CSCC[C@@H](N)C(=O)Nc1ccc(-c2ccn[nH]2)cc1. The minimum Gasteiger partial charge on any atom is -0.325 e. The maximum atomic E-state index is 11.9. The normalized spacial score (nSPS) is 12.1. The van der Waals surface area contributed by atoms with Gasteiger partial charge in [0.1, 0.15) is 0 Å². The summed E-state index contributed by atoms with van der Waals surface area (Å²) in [6.07, 6.45) is 4.38. The first-order chi connectivity index (χ1) is 9.70. The standard InChI is InChI=1S/C14H18N4OS/c1-20-9-7-12(15)14(19)17-11-4-2-10(3-5-11)13-6-8-16-18-13/h2-6,8,12H,7,9,15H2,1H3,(H,16,18)(H,17,19)/t12-/m1/s1. The number of rotatable bonds is 6. The molecule has 0 aliphatic heterocycles. The van der Waals surface area contributed by atoms with Gasteiger partial charge in [0.2, 0.25) is 5.91 Å². The average molecular weight is 290 g/mol. The van der Waals surface area contributed by atoms with E-state index in [9.17, 15) is 4.79 Å². The molecule has 1 aromatic carbocycles. The van der Waals surface area contributed by atoms with Gasteiger partial charge in [-0.1, -0.05) is 12.1 Å². The van der Waals surface area contributed by atoms with E-state index in [4.69, 9.17) is 5.73 Å². The van der Waals surface area contributed by atoms with Crippen LogP contribution < -0.4 is 11.1 Å². The Balaban J connectivity index is 1.95. The zero-order chi connectivity index (χ0) is 14.4. The first-order valence-corrected chi connectivity index (χ1v) is 7.75. The second-order valence-corrected chi connectivity index (χ2v) is 5.41. The largest absolute Gasteiger partial charge is 0.325 e. The molecule has 0 bridgehead atoms. The summed E-state index contributed by atoms with van der Waals surface area (Å²) in [5, 5.41) is 9.63. The quantitative estimate of drug-likeness (QED) is 0.760. The second-order valence-electron chi connectivity index (χ2n) is 4.42. The van der Waals surface area contributed by atoms with E-state index in [2.05, 4.69) is 15.5 Å². The number of benzene rings is 1. The van der Waals surface area contributed by atoms with Crippen LogP contribution in [0.3, 0.4) is 0 Å². The van der Waals surface area contributed by atoms with E-state index in [1.165, 1.54) is 0 Å². The summed E-state index contributed by atoms with van der Waals surface area (Å²) in [4.78, 5) is 11.9. The number of hydrogen-bond acceptors (Lipinski definition) is 4. The summed E-state index contributed by atoms with van der Waals surface area (Å²) < 4.78 is 0. The van der Waals surface area contributed by atoms with E-state index in [1.54, 1.807) is 18.0 Å². The molecule has 1 heterocycles. The van der Waals surface area contributed by atoms with Crippen molar-refractivity contribution in [1.29, 1.82) is 0 Å². The van der Waals surface area contributed by atoms with Crippen LogP contribution in [-0.2, 0) is 4.79 Å². The molecule has 6 heteroatoms. The number of nitrogens with one attached hydrogen (secondary N) is 2. The van der Waals surface area contributed by atoms with Crippen molar-refractivity contribution in [1.82, 2.24) is 10.2 Å². The van der Waals surface area contributed by atoms with Gasteiger partial charge in [0, 0.05) is 11.9 Å². The summed E-state index contributed by atoms with van der Waals surface area (Å²) in [6, 6.07) is 9.00. The average Bonchev–Trinajstić information content (AvgIpc) is 2.99. The van der Waals surface area contributed by atoms with Gasteiger partial charge in [0.05, 0.1) is 11.7 Å². The van der Waals surface area contributed by atoms with Crippen molar-refractivity contribution in [2.75, 3.05) is 17.3 Å². The minimum atomic E-state index is -0.463. The number of aromatic nitrogens is 2. The zero-order valence-corrected chi connectivity index (χ0v) is 12.1. The Hall–Kier alpha value is -1.79. The number of nitrogens with two attached hydrogens (primary N) is 1. The number of hydrogen-bond donors (Lipinski definition) is 3. The molecular formula is C14H18N4OS. The van der Waals surface area contributed by atoms with Crippen molar-refractivity contribution in [3.05, 3.63) is 36.5 Å². The summed E-state index contributed by atoms with van der Waals surface area (Å²) in [5.74, 6) is 0.737. The van der Waals surface area contributed by atoms with Crippen molar-refractivity contribution < 1.29 is 4.79 Å². The second kappa shape index (κ2) is 7.12. The van der Waals surface area contributed by atoms with Crippen molar-refractivity contribution in [3.8, 4) is 11.3 Å². The van der Waals surface area contributed by atoms with Crippen LogP contribution in [0.4, 0.5) is 5.69 Å². The van der Waals surface area contributed by atoms with Gasteiger partial charge in [-0.05, 0) is 42.2 Å². The van der Waals surface area contributed by atoms with Crippen molar-refractivity contribution in [3.63, 3.8) is 0 Å². The topological polar surface area (TPSA) is 83.8 Å². The summed E-state index contributed by atoms with van der Waals surface area (Å²) >= 11 is 1.68. The van der Waals surface area contributed by atoms with Gasteiger partial charge in [-0.15, -0.1) is 0 Å². The number of amides is 1. The van der Waals surface area contributed by atoms with E-state index in [0.29, 0.717) is 6.42 Å². The molecule has 0 fully saturated rings. The van der Waals surface area contributed by atoms with Crippen LogP contribution >= 0.6 is 11.8 Å². The van der Waals surface area contributed by atoms with E-state index in [0.717, 1.165) is 22.7 Å². The molecule has 0 aliphatic carbocycles. The predicted molar refractivity (Wildman–Crippen MR) is 83.6 cm³/mol. The van der Waals surface area contributed by atoms with E-state index in [1.807, 2.05) is 36.6 Å². The Kier molecular flexibility index (Phi) is 5.20. The summed E-state index contributed by atoms with van der Waals surface area (Å²) in [7, 11) is 0. The number of carbonyl (C=O) groups excluding carboxylic acids is 1. The number of thioether (sulfide) groups is 1. The highest BCUT2D eigenvalue weighted by Crippen LogP contribution is 2.19. The fraction of sp³-hybridized carbons (Fsp3) is 0.286. The van der Waals surface area contributed by atoms with Crippen molar-refractivity contribution in [2.45, 2.75) is 12.5 Å². The van der Waals surface area contributed by atoms with Crippen LogP contribution in [-0.4, -0.2) is 34.2 Å². The third-order valence-electron chi connectivity index (χ3n) is 2.93. The van der Waals surface area contributed by atoms with Crippen LogP contribution in [0.5, 0.6) is 0 Å². The Morgan fingerprint density at radius 3 is 2.75 bits per heavy atom. The van der Waals surface area contributed by atoms with Crippen LogP contribution in [0.25, 0.3) is 11.3 Å². The molecule has 5 nitrogen and oxygen atoms in total. The molecular weight excluding hydrogens is 272 g/mol. The highest BCUT2D eigenvalue weighted by atomic mass is 32.2. The third-order valence-corrected chi connectivity index (χ3v) is 3.58. The van der Waals surface area contributed by atoms with Gasteiger partial charge in [0.15, 0.2) is 0 Å². The molecule has 1 atom stereocenters. The molecule has 1 amide bonds. The highest BCUT2D eigenvalue weighted by Gasteiger charge is 2.12. The maximum absolute atomic E-state index is 11.9. The molecule has 0 saturated heterocycles. The number of H-pyrrole nitrogens is 1. The van der Waals surface area contributed by atoms with Crippen LogP contribution in [0.15, 0.2) is 36.5 Å². The van der Waals surface area contributed by atoms with E-state index < -0.39 is 6.04 Å².